The number of benzene rings is 1. The highest BCUT2D eigenvalue weighted by molar-refractivity contribution is 5.98. The summed E-state index contributed by atoms with van der Waals surface area (Å²) in [5, 5.41) is 9.03. The van der Waals surface area contributed by atoms with Gasteiger partial charge in [-0.3, -0.25) is 4.79 Å². The SMILES string of the molecule is O=C(O)c1ccc2c(c1)CCCN2C(=O)[C@H]1CCCO1. The Bertz CT molecular complexity index is 549. The van der Waals surface area contributed by atoms with Crippen molar-refractivity contribution in [2.24, 2.45) is 0 Å². The number of amides is 1. The summed E-state index contributed by atoms with van der Waals surface area (Å²) < 4.78 is 5.46. The lowest BCUT2D eigenvalue weighted by Gasteiger charge is -2.31. The Morgan fingerprint density at radius 1 is 1.30 bits per heavy atom. The van der Waals surface area contributed by atoms with Gasteiger partial charge in [0.05, 0.1) is 5.56 Å². The number of hydrogen-bond acceptors (Lipinski definition) is 3. The van der Waals surface area contributed by atoms with Gasteiger partial charge in [0.2, 0.25) is 0 Å². The highest BCUT2D eigenvalue weighted by Crippen LogP contribution is 2.30. The fourth-order valence-electron chi connectivity index (χ4n) is 2.91. The Labute approximate surface area is 117 Å². The molecule has 1 amide bonds. The zero-order valence-electron chi connectivity index (χ0n) is 11.2. The summed E-state index contributed by atoms with van der Waals surface area (Å²) in [5.74, 6) is -0.929. The Balaban J connectivity index is 1.89. The van der Waals surface area contributed by atoms with Crippen molar-refractivity contribution in [1.82, 2.24) is 0 Å². The lowest BCUT2D eigenvalue weighted by atomic mass is 9.98. The molecule has 5 nitrogen and oxygen atoms in total. The molecule has 1 N–H and O–H groups in total. The standard InChI is InChI=1S/C15H17NO4/c17-14(13-4-2-8-20-13)16-7-1-3-10-9-11(15(18)19)5-6-12(10)16/h5-6,9,13H,1-4,7-8H2,(H,18,19)/t13-/m1/s1. The normalized spacial score (nSPS) is 21.6. The molecular formula is C15H17NO4. The van der Waals surface area contributed by atoms with Gasteiger partial charge in [0.15, 0.2) is 0 Å². The molecule has 2 aliphatic heterocycles. The predicted octanol–water partition coefficient (Wildman–Crippen LogP) is 1.84. The first-order chi connectivity index (χ1) is 9.66. The van der Waals surface area contributed by atoms with Gasteiger partial charge in [-0.2, -0.15) is 0 Å². The number of aromatic carboxylic acids is 1. The van der Waals surface area contributed by atoms with Crippen molar-refractivity contribution in [1.29, 1.82) is 0 Å². The van der Waals surface area contributed by atoms with Gasteiger partial charge in [0, 0.05) is 18.8 Å². The molecule has 3 rings (SSSR count). The summed E-state index contributed by atoms with van der Waals surface area (Å²) in [6.07, 6.45) is 3.04. The van der Waals surface area contributed by atoms with Gasteiger partial charge in [-0.1, -0.05) is 0 Å². The molecule has 0 aliphatic carbocycles. The quantitative estimate of drug-likeness (QED) is 0.894. The largest absolute Gasteiger partial charge is 0.478 e. The van der Waals surface area contributed by atoms with Gasteiger partial charge >= 0.3 is 5.97 Å². The summed E-state index contributed by atoms with van der Waals surface area (Å²) in [4.78, 5) is 25.2. The average Bonchev–Trinajstić information content (AvgIpc) is 2.99. The predicted molar refractivity (Wildman–Crippen MR) is 73.0 cm³/mol. The summed E-state index contributed by atoms with van der Waals surface area (Å²) in [6, 6.07) is 4.97. The summed E-state index contributed by atoms with van der Waals surface area (Å²) in [5.41, 5.74) is 2.04. The maximum atomic E-state index is 12.5. The number of ether oxygens (including phenoxy) is 1. The molecule has 0 bridgehead atoms. The number of carboxylic acid groups (broad SMARTS) is 1. The molecule has 0 aromatic heterocycles. The van der Waals surface area contributed by atoms with Crippen LogP contribution in [0.15, 0.2) is 18.2 Å². The Morgan fingerprint density at radius 3 is 2.85 bits per heavy atom. The van der Waals surface area contributed by atoms with E-state index in [0.717, 1.165) is 36.9 Å². The van der Waals surface area contributed by atoms with Gasteiger partial charge in [0.25, 0.3) is 5.91 Å². The van der Waals surface area contributed by atoms with Crippen LogP contribution in [0, 0.1) is 0 Å². The topological polar surface area (TPSA) is 66.8 Å². The minimum Gasteiger partial charge on any atom is -0.478 e. The molecule has 2 heterocycles. The van der Waals surface area contributed by atoms with Crippen molar-refractivity contribution >= 4 is 17.6 Å². The van der Waals surface area contributed by atoms with E-state index >= 15 is 0 Å². The second-order valence-electron chi connectivity index (χ2n) is 5.24. The third kappa shape index (κ3) is 2.29. The molecule has 0 unspecified atom stereocenters. The van der Waals surface area contributed by atoms with E-state index in [-0.39, 0.29) is 17.6 Å². The number of rotatable bonds is 2. The van der Waals surface area contributed by atoms with E-state index in [0.29, 0.717) is 13.2 Å². The lowest BCUT2D eigenvalue weighted by molar-refractivity contribution is -0.127. The highest BCUT2D eigenvalue weighted by atomic mass is 16.5. The molecule has 0 saturated carbocycles. The number of carboxylic acids is 1. The van der Waals surface area contributed by atoms with Crippen LogP contribution in [0.3, 0.4) is 0 Å². The van der Waals surface area contributed by atoms with Crippen LogP contribution in [0.4, 0.5) is 5.69 Å². The smallest absolute Gasteiger partial charge is 0.335 e. The van der Waals surface area contributed by atoms with E-state index in [1.54, 1.807) is 23.1 Å². The third-order valence-electron chi connectivity index (χ3n) is 3.92. The number of fused-ring (bicyclic) bond motifs is 1. The Kier molecular flexibility index (Phi) is 3.44. The van der Waals surface area contributed by atoms with Gasteiger partial charge in [0.1, 0.15) is 6.10 Å². The van der Waals surface area contributed by atoms with Crippen LogP contribution in [-0.2, 0) is 16.0 Å². The monoisotopic (exact) mass is 275 g/mol. The van der Waals surface area contributed by atoms with Crippen LogP contribution in [0.2, 0.25) is 0 Å². The van der Waals surface area contributed by atoms with Crippen LogP contribution >= 0.6 is 0 Å². The number of aryl methyl sites for hydroxylation is 1. The molecule has 1 fully saturated rings. The van der Waals surface area contributed by atoms with Gasteiger partial charge < -0.3 is 14.7 Å². The molecule has 0 radical (unpaired) electrons. The molecule has 1 atom stereocenters. The molecule has 2 aliphatic rings. The molecule has 1 saturated heterocycles. The van der Waals surface area contributed by atoms with Crippen LogP contribution in [0.25, 0.3) is 0 Å². The first-order valence-corrected chi connectivity index (χ1v) is 6.96. The summed E-state index contributed by atoms with van der Waals surface area (Å²) in [6.45, 7) is 1.33. The lowest BCUT2D eigenvalue weighted by Crippen LogP contribution is -2.42. The Morgan fingerprint density at radius 2 is 2.15 bits per heavy atom. The molecule has 1 aromatic carbocycles. The van der Waals surface area contributed by atoms with Gasteiger partial charge in [-0.25, -0.2) is 4.79 Å². The van der Waals surface area contributed by atoms with Crippen molar-refractivity contribution in [3.8, 4) is 0 Å². The first kappa shape index (κ1) is 13.1. The third-order valence-corrected chi connectivity index (χ3v) is 3.92. The van der Waals surface area contributed by atoms with E-state index in [4.69, 9.17) is 9.84 Å². The van der Waals surface area contributed by atoms with E-state index in [9.17, 15) is 9.59 Å². The molecule has 0 spiro atoms. The maximum Gasteiger partial charge on any atom is 0.335 e. The second-order valence-corrected chi connectivity index (χ2v) is 5.24. The number of nitrogens with zero attached hydrogens (tertiary/aromatic N) is 1. The van der Waals surface area contributed by atoms with Crippen molar-refractivity contribution < 1.29 is 19.4 Å². The number of carbonyl (C=O) groups is 2. The zero-order valence-corrected chi connectivity index (χ0v) is 11.2. The summed E-state index contributed by atoms with van der Waals surface area (Å²) >= 11 is 0. The van der Waals surface area contributed by atoms with E-state index in [2.05, 4.69) is 0 Å². The molecule has 20 heavy (non-hydrogen) atoms. The minimum absolute atomic E-state index is 0.00604. The average molecular weight is 275 g/mol. The summed E-state index contributed by atoms with van der Waals surface area (Å²) in [7, 11) is 0. The van der Waals surface area contributed by atoms with Gasteiger partial charge in [-0.15, -0.1) is 0 Å². The van der Waals surface area contributed by atoms with Crippen molar-refractivity contribution in [3.63, 3.8) is 0 Å². The van der Waals surface area contributed by atoms with Crippen LogP contribution < -0.4 is 4.90 Å². The van der Waals surface area contributed by atoms with E-state index in [1.165, 1.54) is 0 Å². The van der Waals surface area contributed by atoms with Crippen LogP contribution in [-0.4, -0.2) is 36.2 Å². The molecule has 106 valence electrons. The number of carbonyl (C=O) groups excluding carboxylic acids is 1. The van der Waals surface area contributed by atoms with E-state index in [1.807, 2.05) is 0 Å². The minimum atomic E-state index is -0.935. The van der Waals surface area contributed by atoms with Crippen LogP contribution in [0.1, 0.15) is 35.2 Å². The van der Waals surface area contributed by atoms with Gasteiger partial charge in [-0.05, 0) is 49.4 Å². The zero-order chi connectivity index (χ0) is 14.1. The van der Waals surface area contributed by atoms with Crippen molar-refractivity contribution in [2.75, 3.05) is 18.1 Å². The fourth-order valence-corrected chi connectivity index (χ4v) is 2.91. The van der Waals surface area contributed by atoms with E-state index < -0.39 is 5.97 Å². The van der Waals surface area contributed by atoms with Crippen LogP contribution in [0.5, 0.6) is 0 Å². The first-order valence-electron chi connectivity index (χ1n) is 6.96. The fraction of sp³-hybridized carbons (Fsp3) is 0.467. The molecule has 5 heteroatoms. The van der Waals surface area contributed by atoms with Crippen molar-refractivity contribution in [2.45, 2.75) is 31.8 Å². The number of hydrogen-bond donors (Lipinski definition) is 1. The Hall–Kier alpha value is -1.88. The molecule has 1 aromatic rings. The maximum absolute atomic E-state index is 12.5. The van der Waals surface area contributed by atoms with Crippen molar-refractivity contribution in [3.05, 3.63) is 29.3 Å². The second kappa shape index (κ2) is 5.25. The highest BCUT2D eigenvalue weighted by Gasteiger charge is 2.31. The number of anilines is 1. The molecular weight excluding hydrogens is 258 g/mol.